The lowest BCUT2D eigenvalue weighted by Crippen LogP contribution is -2.20. The lowest BCUT2D eigenvalue weighted by Gasteiger charge is -2.10. The van der Waals surface area contributed by atoms with Crippen molar-refractivity contribution in [1.82, 2.24) is 19.3 Å². The Morgan fingerprint density at radius 1 is 1.17 bits per heavy atom. The van der Waals surface area contributed by atoms with Gasteiger partial charge in [0.05, 0.1) is 6.20 Å². The molecule has 0 saturated carbocycles. The smallest absolute Gasteiger partial charge is 0.279 e. The van der Waals surface area contributed by atoms with E-state index in [4.69, 9.17) is 11.6 Å². The number of aromatic amines is 1. The predicted molar refractivity (Wildman–Crippen MR) is 91.1 cm³/mol. The third-order valence-electron chi connectivity index (χ3n) is 3.96. The first-order chi connectivity index (χ1) is 11.1. The van der Waals surface area contributed by atoms with E-state index in [-0.39, 0.29) is 5.56 Å². The highest BCUT2D eigenvalue weighted by atomic mass is 35.5. The molecule has 114 valence electrons. The first-order valence-electron chi connectivity index (χ1n) is 7.11. The molecule has 1 N–H and O–H groups in total. The third kappa shape index (κ3) is 2.17. The molecule has 0 bridgehead atoms. The van der Waals surface area contributed by atoms with Gasteiger partial charge in [0, 0.05) is 52.9 Å². The number of hydrogen-bond acceptors (Lipinski definition) is 2. The molecule has 3 aromatic heterocycles. The fourth-order valence-corrected chi connectivity index (χ4v) is 2.93. The number of aromatic nitrogens is 4. The molecule has 1 aromatic carbocycles. The first-order valence-corrected chi connectivity index (χ1v) is 7.49. The van der Waals surface area contributed by atoms with Gasteiger partial charge in [-0.05, 0) is 30.3 Å². The first kappa shape index (κ1) is 13.8. The molecule has 0 saturated heterocycles. The van der Waals surface area contributed by atoms with E-state index < -0.39 is 0 Å². The number of nitrogens with one attached hydrogen (secondary N) is 1. The minimum Gasteiger partial charge on any atom is -0.346 e. The van der Waals surface area contributed by atoms with Crippen molar-refractivity contribution in [2.45, 2.75) is 0 Å². The van der Waals surface area contributed by atoms with E-state index in [0.29, 0.717) is 10.5 Å². The Balaban J connectivity index is 2.09. The van der Waals surface area contributed by atoms with Crippen LogP contribution in [0.15, 0.2) is 59.9 Å². The van der Waals surface area contributed by atoms with Crippen LogP contribution in [0.3, 0.4) is 0 Å². The molecule has 0 aliphatic heterocycles. The molecular formula is C17H13ClN4O. The maximum atomic E-state index is 12.9. The van der Waals surface area contributed by atoms with Crippen molar-refractivity contribution in [2.75, 3.05) is 0 Å². The largest absolute Gasteiger partial charge is 0.346 e. The molecule has 0 atom stereocenters. The second-order valence-electron chi connectivity index (χ2n) is 5.37. The number of nitrogens with zero attached hydrogens (tertiary/aromatic N) is 3. The van der Waals surface area contributed by atoms with Crippen LogP contribution in [0.4, 0.5) is 0 Å². The minimum absolute atomic E-state index is 0.0675. The standard InChI is InChI=1S/C17H13ClN4O/c1-21-7-6-14-15(11-8-19-20-9-11)10-22(17(23)16(14)21)13-4-2-12(18)3-5-13/h2-10H,1H3,(H,19,20). The summed E-state index contributed by atoms with van der Waals surface area (Å²) < 4.78 is 3.48. The second kappa shape index (κ2) is 5.14. The Kier molecular flexibility index (Phi) is 3.09. The average Bonchev–Trinajstić information content (AvgIpc) is 3.19. The van der Waals surface area contributed by atoms with Gasteiger partial charge in [-0.25, -0.2) is 0 Å². The number of rotatable bonds is 2. The summed E-state index contributed by atoms with van der Waals surface area (Å²) in [4.78, 5) is 12.9. The van der Waals surface area contributed by atoms with Crippen molar-refractivity contribution in [3.63, 3.8) is 0 Å². The van der Waals surface area contributed by atoms with Gasteiger partial charge in [-0.2, -0.15) is 5.10 Å². The molecule has 4 aromatic rings. The fraction of sp³-hybridized carbons (Fsp3) is 0.0588. The van der Waals surface area contributed by atoms with Gasteiger partial charge < -0.3 is 4.57 Å². The van der Waals surface area contributed by atoms with Crippen LogP contribution in [0.2, 0.25) is 5.02 Å². The van der Waals surface area contributed by atoms with Crippen molar-refractivity contribution in [2.24, 2.45) is 7.05 Å². The molecule has 0 fully saturated rings. The highest BCUT2D eigenvalue weighted by Crippen LogP contribution is 2.27. The summed E-state index contributed by atoms with van der Waals surface area (Å²) in [6.45, 7) is 0. The van der Waals surface area contributed by atoms with Gasteiger partial charge in [-0.15, -0.1) is 0 Å². The molecule has 0 aliphatic rings. The van der Waals surface area contributed by atoms with E-state index in [9.17, 15) is 4.79 Å². The summed E-state index contributed by atoms with van der Waals surface area (Å²) in [6.07, 6.45) is 7.30. The summed E-state index contributed by atoms with van der Waals surface area (Å²) in [6, 6.07) is 9.16. The monoisotopic (exact) mass is 324 g/mol. The zero-order valence-electron chi connectivity index (χ0n) is 12.3. The summed E-state index contributed by atoms with van der Waals surface area (Å²) in [5, 5.41) is 8.37. The number of H-pyrrole nitrogens is 1. The second-order valence-corrected chi connectivity index (χ2v) is 5.81. The van der Waals surface area contributed by atoms with Crippen molar-refractivity contribution in [3.8, 4) is 16.8 Å². The molecule has 0 radical (unpaired) electrons. The normalized spacial score (nSPS) is 11.2. The van der Waals surface area contributed by atoms with Crippen LogP contribution >= 0.6 is 11.6 Å². The highest BCUT2D eigenvalue weighted by Gasteiger charge is 2.14. The lowest BCUT2D eigenvalue weighted by atomic mass is 10.1. The Labute approximate surface area is 136 Å². The van der Waals surface area contributed by atoms with Gasteiger partial charge in [0.2, 0.25) is 0 Å². The Bertz CT molecular complexity index is 1040. The van der Waals surface area contributed by atoms with Crippen LogP contribution in [-0.4, -0.2) is 19.3 Å². The Morgan fingerprint density at radius 2 is 1.96 bits per heavy atom. The number of halogens is 1. The molecular weight excluding hydrogens is 312 g/mol. The summed E-state index contributed by atoms with van der Waals surface area (Å²) in [5.74, 6) is 0. The third-order valence-corrected chi connectivity index (χ3v) is 4.21. The van der Waals surface area contributed by atoms with Crippen molar-refractivity contribution >= 4 is 22.5 Å². The van der Waals surface area contributed by atoms with E-state index in [1.165, 1.54) is 0 Å². The zero-order valence-corrected chi connectivity index (χ0v) is 13.1. The van der Waals surface area contributed by atoms with E-state index in [0.717, 1.165) is 22.2 Å². The van der Waals surface area contributed by atoms with Crippen molar-refractivity contribution in [1.29, 1.82) is 0 Å². The molecule has 0 amide bonds. The number of pyridine rings is 1. The highest BCUT2D eigenvalue weighted by molar-refractivity contribution is 6.30. The van der Waals surface area contributed by atoms with Crippen molar-refractivity contribution < 1.29 is 0 Å². The van der Waals surface area contributed by atoms with Gasteiger partial charge in [0.15, 0.2) is 0 Å². The van der Waals surface area contributed by atoms with Crippen LogP contribution in [0, 0.1) is 0 Å². The van der Waals surface area contributed by atoms with Crippen LogP contribution in [0.5, 0.6) is 0 Å². The van der Waals surface area contributed by atoms with E-state index in [1.54, 1.807) is 22.9 Å². The van der Waals surface area contributed by atoms with Gasteiger partial charge in [0.25, 0.3) is 5.56 Å². The minimum atomic E-state index is -0.0675. The predicted octanol–water partition coefficient (Wildman–Crippen LogP) is 3.37. The molecule has 23 heavy (non-hydrogen) atoms. The lowest BCUT2D eigenvalue weighted by molar-refractivity contribution is 0.931. The quantitative estimate of drug-likeness (QED) is 0.614. The van der Waals surface area contributed by atoms with Gasteiger partial charge in [-0.1, -0.05) is 11.6 Å². The van der Waals surface area contributed by atoms with Gasteiger partial charge in [-0.3, -0.25) is 14.5 Å². The molecule has 0 aliphatic carbocycles. The molecule has 6 heteroatoms. The summed E-state index contributed by atoms with van der Waals surface area (Å²) >= 11 is 5.95. The van der Waals surface area contributed by atoms with E-state index in [1.807, 2.05) is 48.4 Å². The topological polar surface area (TPSA) is 55.6 Å². The summed E-state index contributed by atoms with van der Waals surface area (Å²) in [7, 11) is 1.87. The zero-order chi connectivity index (χ0) is 16.0. The van der Waals surface area contributed by atoms with E-state index in [2.05, 4.69) is 10.2 Å². The van der Waals surface area contributed by atoms with Crippen LogP contribution in [-0.2, 0) is 7.05 Å². The fourth-order valence-electron chi connectivity index (χ4n) is 2.81. The molecule has 4 rings (SSSR count). The molecule has 5 nitrogen and oxygen atoms in total. The van der Waals surface area contributed by atoms with Crippen LogP contribution < -0.4 is 5.56 Å². The number of aryl methyl sites for hydroxylation is 1. The number of fused-ring (bicyclic) bond motifs is 1. The van der Waals surface area contributed by atoms with Crippen molar-refractivity contribution in [3.05, 3.63) is 70.5 Å². The van der Waals surface area contributed by atoms with Gasteiger partial charge >= 0.3 is 0 Å². The van der Waals surface area contributed by atoms with Crippen LogP contribution in [0.1, 0.15) is 0 Å². The maximum Gasteiger partial charge on any atom is 0.279 e. The number of hydrogen-bond donors (Lipinski definition) is 1. The number of benzene rings is 1. The SMILES string of the molecule is Cn1ccc2c(-c3cn[nH]c3)cn(-c3ccc(Cl)cc3)c(=O)c21. The molecule has 0 unspecified atom stereocenters. The van der Waals surface area contributed by atoms with E-state index >= 15 is 0 Å². The molecule has 0 spiro atoms. The van der Waals surface area contributed by atoms with Gasteiger partial charge in [0.1, 0.15) is 5.52 Å². The van der Waals surface area contributed by atoms with Crippen LogP contribution in [0.25, 0.3) is 27.7 Å². The Morgan fingerprint density at radius 3 is 2.65 bits per heavy atom. The average molecular weight is 325 g/mol. The Hall–Kier alpha value is -2.79. The maximum absolute atomic E-state index is 12.9. The summed E-state index contributed by atoms with van der Waals surface area (Å²) in [5.41, 5.74) is 3.24. The molecule has 3 heterocycles.